The maximum absolute atomic E-state index is 14.8. The zero-order chi connectivity index (χ0) is 19.4. The Hall–Kier alpha value is -2.14. The van der Waals surface area contributed by atoms with Crippen molar-refractivity contribution < 1.29 is 33.3 Å². The van der Waals surface area contributed by atoms with Crippen LogP contribution < -0.4 is 0 Å². The lowest BCUT2D eigenvalue weighted by Crippen LogP contribution is -2.66. The van der Waals surface area contributed by atoms with Gasteiger partial charge in [0.2, 0.25) is 0 Å². The lowest BCUT2D eigenvalue weighted by Gasteiger charge is -2.48. The summed E-state index contributed by atoms with van der Waals surface area (Å²) >= 11 is 0. The molecule has 0 saturated carbocycles. The molecule has 0 amide bonds. The molecule has 0 aliphatic carbocycles. The average molecular weight is 383 g/mol. The molecule has 1 N–H and O–H groups in total. The number of halogens is 1. The van der Waals surface area contributed by atoms with Crippen molar-refractivity contribution in [3.63, 3.8) is 0 Å². The van der Waals surface area contributed by atoms with E-state index in [-0.39, 0.29) is 18.4 Å². The first-order chi connectivity index (χ1) is 13.1. The van der Waals surface area contributed by atoms with E-state index in [9.17, 15) is 14.4 Å². The van der Waals surface area contributed by atoms with Crippen LogP contribution in [0, 0.1) is 0 Å². The van der Waals surface area contributed by atoms with Crippen LogP contribution in [0.4, 0.5) is 4.48 Å². The van der Waals surface area contributed by atoms with E-state index in [1.54, 1.807) is 6.92 Å². The molecule has 148 valence electrons. The van der Waals surface area contributed by atoms with Gasteiger partial charge in [0, 0.05) is 12.7 Å². The quantitative estimate of drug-likeness (QED) is 0.455. The average Bonchev–Trinajstić information content (AvgIpc) is 2.70. The summed E-state index contributed by atoms with van der Waals surface area (Å²) in [4.78, 5) is 11.6. The topological polar surface area (TPSA) is 102 Å². The van der Waals surface area contributed by atoms with E-state index in [2.05, 4.69) is 10.3 Å². The molecule has 1 aromatic rings. The second kappa shape index (κ2) is 8.70. The summed E-state index contributed by atoms with van der Waals surface area (Å²) in [5, 5.41) is 16.7. The Bertz CT molecular complexity index is 663. The zero-order valence-electron chi connectivity index (χ0n) is 15.0. The Labute approximate surface area is 155 Å². The molecule has 27 heavy (non-hydrogen) atoms. The minimum absolute atomic E-state index is 0.0414. The number of aliphatic carboxylic acids is 1. The largest absolute Gasteiger partial charge is 0.479 e. The first-order valence-electron chi connectivity index (χ1n) is 8.62. The van der Waals surface area contributed by atoms with Gasteiger partial charge >= 0.3 is 5.97 Å². The van der Waals surface area contributed by atoms with Crippen LogP contribution in [0.1, 0.15) is 18.8 Å². The molecule has 0 aromatic heterocycles. The molecule has 2 saturated heterocycles. The van der Waals surface area contributed by atoms with E-state index in [0.717, 1.165) is 5.56 Å². The molecule has 1 aromatic carbocycles. The first kappa shape index (κ1) is 19.6. The van der Waals surface area contributed by atoms with Crippen LogP contribution in [0.2, 0.25) is 0 Å². The number of carboxylic acid groups (broad SMARTS) is 1. The molecule has 6 atom stereocenters. The molecular weight excluding hydrogens is 361 g/mol. The van der Waals surface area contributed by atoms with Crippen molar-refractivity contribution >= 4 is 5.97 Å². The van der Waals surface area contributed by atoms with Gasteiger partial charge in [0.25, 0.3) is 0 Å². The summed E-state index contributed by atoms with van der Waals surface area (Å²) in [7, 11) is 1.29. The lowest BCUT2D eigenvalue weighted by atomic mass is 9.91. The molecule has 0 radical (unpaired) electrons. The molecule has 0 spiro atoms. The molecule has 2 aliphatic heterocycles. The predicted molar refractivity (Wildman–Crippen MR) is 89.2 cm³/mol. The Morgan fingerprint density at radius 3 is 2.74 bits per heavy atom. The van der Waals surface area contributed by atoms with Crippen LogP contribution in [0.3, 0.4) is 0 Å². The Morgan fingerprint density at radius 2 is 2.11 bits per heavy atom. The fourth-order valence-corrected chi connectivity index (χ4v) is 3.27. The Morgan fingerprint density at radius 1 is 1.37 bits per heavy atom. The molecule has 2 fully saturated rings. The number of ether oxygens (including phenoxy) is 4. The van der Waals surface area contributed by atoms with Crippen LogP contribution in [-0.2, 0) is 23.7 Å². The minimum Gasteiger partial charge on any atom is -0.479 e. The summed E-state index contributed by atoms with van der Waals surface area (Å²) in [5.74, 6) is -1.27. The van der Waals surface area contributed by atoms with E-state index in [1.165, 1.54) is 7.11 Å². The summed E-state index contributed by atoms with van der Waals surface area (Å²) in [5.41, 5.74) is 0.754. The predicted octanol–water partition coefficient (Wildman–Crippen LogP) is 1.91. The van der Waals surface area contributed by atoms with E-state index in [4.69, 9.17) is 18.9 Å². The number of fused-ring (bicyclic) bond motifs is 1. The second-order valence-corrected chi connectivity index (χ2v) is 6.14. The summed E-state index contributed by atoms with van der Waals surface area (Å²) in [6, 6.07) is 7.99. The van der Waals surface area contributed by atoms with Crippen molar-refractivity contribution in [3.05, 3.63) is 35.9 Å². The minimum atomic E-state index is -1.39. The highest BCUT2D eigenvalue weighted by molar-refractivity contribution is 5.73. The van der Waals surface area contributed by atoms with Crippen LogP contribution in [0.15, 0.2) is 40.7 Å². The van der Waals surface area contributed by atoms with E-state index < -0.39 is 42.7 Å². The van der Waals surface area contributed by atoms with Crippen molar-refractivity contribution in [1.82, 2.24) is 5.23 Å². The highest BCUT2D eigenvalue weighted by Crippen LogP contribution is 2.37. The maximum atomic E-state index is 14.8. The first-order valence-corrected chi connectivity index (χ1v) is 8.62. The molecule has 0 bridgehead atoms. The number of methoxy groups -OCH3 is 1. The van der Waals surface area contributed by atoms with Gasteiger partial charge in [0.15, 0.2) is 12.4 Å². The van der Waals surface area contributed by atoms with Gasteiger partial charge in [-0.25, -0.2) is 4.79 Å². The Balaban J connectivity index is 1.90. The second-order valence-electron chi connectivity index (χ2n) is 6.14. The van der Waals surface area contributed by atoms with Gasteiger partial charge < -0.3 is 24.1 Å². The molecule has 2 heterocycles. The van der Waals surface area contributed by atoms with Gasteiger partial charge in [-0.3, -0.25) is 0 Å². The third-order valence-electron chi connectivity index (χ3n) is 4.48. The fraction of sp³-hybridized carbons (Fsp3) is 0.588. The highest BCUT2D eigenvalue weighted by Gasteiger charge is 2.55. The smallest absolute Gasteiger partial charge is 0.335 e. The lowest BCUT2D eigenvalue weighted by molar-refractivity contribution is -0.330. The van der Waals surface area contributed by atoms with E-state index >= 15 is 0 Å². The number of nitrogens with zero attached hydrogens (tertiary/aromatic N) is 3. The summed E-state index contributed by atoms with van der Waals surface area (Å²) < 4.78 is 37.2. The highest BCUT2D eigenvalue weighted by atomic mass is 19.2. The van der Waals surface area contributed by atoms with Gasteiger partial charge in [-0.15, -0.1) is 5.23 Å². The van der Waals surface area contributed by atoms with Crippen LogP contribution in [0.5, 0.6) is 0 Å². The standard InChI is InChI=1S/C17H22FN3O6/c1-3-19-20-21(18)12-13-11(26-15(16(22)23)14(12)24-2)9-25-17(27-13)10-7-5-4-6-8-10/h4-8,11-15,17H,3,9H2,1-2H3,(H,22,23)/t11-,12+,13+,14-,15?,17?/m1/s1. The third-order valence-corrected chi connectivity index (χ3v) is 4.48. The van der Waals surface area contributed by atoms with Crippen molar-refractivity contribution in [2.24, 2.45) is 10.3 Å². The van der Waals surface area contributed by atoms with Crippen LogP contribution >= 0.6 is 0 Å². The molecule has 2 aliphatic rings. The summed E-state index contributed by atoms with van der Waals surface area (Å²) in [6.07, 6.45) is -4.95. The van der Waals surface area contributed by atoms with Gasteiger partial charge in [0.1, 0.15) is 24.4 Å². The molecule has 9 nitrogen and oxygen atoms in total. The molecule has 3 rings (SSSR count). The number of hydrogen-bond donors (Lipinski definition) is 1. The van der Waals surface area contributed by atoms with Crippen LogP contribution in [-0.4, -0.2) is 67.0 Å². The van der Waals surface area contributed by atoms with E-state index in [1.807, 2.05) is 30.3 Å². The van der Waals surface area contributed by atoms with Gasteiger partial charge in [-0.1, -0.05) is 34.8 Å². The van der Waals surface area contributed by atoms with Crippen LogP contribution in [0.25, 0.3) is 0 Å². The molecule has 2 unspecified atom stereocenters. The van der Waals surface area contributed by atoms with Crippen molar-refractivity contribution in [1.29, 1.82) is 0 Å². The fourth-order valence-electron chi connectivity index (χ4n) is 3.27. The third kappa shape index (κ3) is 4.08. The number of carbonyl (C=O) groups is 1. The Kier molecular flexibility index (Phi) is 6.32. The number of carboxylic acids is 1. The van der Waals surface area contributed by atoms with Gasteiger partial charge in [-0.05, 0) is 12.1 Å². The summed E-state index contributed by atoms with van der Waals surface area (Å²) in [6.45, 7) is 2.02. The SMILES string of the molecule is CCN=NN(F)[C@H]1[C@H]2OC(c3ccccc3)OC[C@H]2OC(C(=O)O)[C@@H]1OC. The number of rotatable bonds is 6. The molecule has 10 heteroatoms. The van der Waals surface area contributed by atoms with Gasteiger partial charge in [0.05, 0.1) is 13.2 Å². The molecular formula is C17H22FN3O6. The maximum Gasteiger partial charge on any atom is 0.335 e. The monoisotopic (exact) mass is 383 g/mol. The zero-order valence-corrected chi connectivity index (χ0v) is 15.0. The normalized spacial score (nSPS) is 33.6. The number of hydrogen-bond acceptors (Lipinski definition) is 7. The van der Waals surface area contributed by atoms with Crippen molar-refractivity contribution in [2.45, 2.75) is 43.7 Å². The van der Waals surface area contributed by atoms with E-state index in [0.29, 0.717) is 0 Å². The van der Waals surface area contributed by atoms with Crippen molar-refractivity contribution in [2.75, 3.05) is 20.3 Å². The van der Waals surface area contributed by atoms with Gasteiger partial charge in [-0.2, -0.15) is 5.11 Å². The van der Waals surface area contributed by atoms with Crippen molar-refractivity contribution in [3.8, 4) is 0 Å². The number of benzene rings is 1.